The molecule has 0 spiro atoms. The van der Waals surface area contributed by atoms with Crippen molar-refractivity contribution in [3.8, 4) is 5.75 Å². The zero-order valence-electron chi connectivity index (χ0n) is 13.3. The van der Waals surface area contributed by atoms with Gasteiger partial charge >= 0.3 is 5.97 Å². The van der Waals surface area contributed by atoms with E-state index < -0.39 is 5.97 Å². The maximum absolute atomic E-state index is 11.8. The molecule has 2 aromatic carbocycles. The molecule has 0 aliphatic carbocycles. The largest absolute Gasteiger partial charge is 0.496 e. The van der Waals surface area contributed by atoms with Gasteiger partial charge in [0.1, 0.15) is 5.75 Å². The van der Waals surface area contributed by atoms with Gasteiger partial charge in [0.2, 0.25) is 0 Å². The molecule has 0 saturated heterocycles. The minimum Gasteiger partial charge on any atom is -0.496 e. The Labute approximate surface area is 154 Å². The van der Waals surface area contributed by atoms with E-state index in [4.69, 9.17) is 9.47 Å². The summed E-state index contributed by atoms with van der Waals surface area (Å²) in [5.74, 6) is -0.0368. The number of carbonyl (C=O) groups excluding carboxylic acids is 2. The van der Waals surface area contributed by atoms with E-state index in [2.05, 4.69) is 27.9 Å². The Morgan fingerprint density at radius 2 is 1.79 bits per heavy atom. The molecule has 0 aliphatic rings. The van der Waals surface area contributed by atoms with Gasteiger partial charge in [-0.2, -0.15) is 0 Å². The molecule has 24 heavy (non-hydrogen) atoms. The number of hydrogen-bond acceptors (Lipinski definition) is 4. The number of nitrogens with one attached hydrogen (secondary N) is 1. The number of esters is 1. The number of aryl methyl sites for hydroxylation is 1. The fourth-order valence-electron chi connectivity index (χ4n) is 2.11. The van der Waals surface area contributed by atoms with Gasteiger partial charge in [0, 0.05) is 9.99 Å². The number of amides is 1. The molecule has 0 aliphatic heterocycles. The van der Waals surface area contributed by atoms with Gasteiger partial charge in [-0.25, -0.2) is 0 Å². The number of methoxy groups -OCH3 is 1. The van der Waals surface area contributed by atoms with Gasteiger partial charge in [0.25, 0.3) is 5.91 Å². The van der Waals surface area contributed by atoms with Crippen LogP contribution in [0.1, 0.15) is 12.0 Å². The Kier molecular flexibility index (Phi) is 7.05. The number of para-hydroxylation sites is 2. The molecule has 126 valence electrons. The zero-order chi connectivity index (χ0) is 17.4. The second kappa shape index (κ2) is 9.27. The van der Waals surface area contributed by atoms with E-state index in [1.807, 2.05) is 42.5 Å². The first-order chi connectivity index (χ1) is 11.6. The third-order valence-corrected chi connectivity index (χ3v) is 4.24. The highest BCUT2D eigenvalue weighted by atomic mass is 127. The van der Waals surface area contributed by atoms with E-state index in [1.165, 1.54) is 0 Å². The molecule has 2 rings (SSSR count). The van der Waals surface area contributed by atoms with Crippen molar-refractivity contribution in [2.75, 3.05) is 19.0 Å². The molecule has 5 nitrogen and oxygen atoms in total. The van der Waals surface area contributed by atoms with Crippen molar-refractivity contribution >= 4 is 40.2 Å². The number of halogens is 1. The van der Waals surface area contributed by atoms with Crippen LogP contribution in [0.4, 0.5) is 5.69 Å². The first-order valence-corrected chi connectivity index (χ1v) is 8.50. The zero-order valence-corrected chi connectivity index (χ0v) is 15.4. The molecule has 2 aromatic rings. The summed E-state index contributed by atoms with van der Waals surface area (Å²) < 4.78 is 11.2. The van der Waals surface area contributed by atoms with Gasteiger partial charge < -0.3 is 14.8 Å². The molecule has 0 radical (unpaired) electrons. The van der Waals surface area contributed by atoms with Crippen LogP contribution in [0.5, 0.6) is 5.75 Å². The third-order valence-electron chi connectivity index (χ3n) is 3.30. The summed E-state index contributed by atoms with van der Waals surface area (Å²) in [5, 5.41) is 2.71. The smallest absolute Gasteiger partial charge is 0.306 e. The Hall–Kier alpha value is -2.09. The number of hydrogen-bond donors (Lipinski definition) is 1. The van der Waals surface area contributed by atoms with Crippen LogP contribution < -0.4 is 10.1 Å². The summed E-state index contributed by atoms with van der Waals surface area (Å²) in [6.45, 7) is -0.296. The molecule has 1 N–H and O–H groups in total. The highest BCUT2D eigenvalue weighted by molar-refractivity contribution is 14.1. The number of carbonyl (C=O) groups is 2. The average molecular weight is 439 g/mol. The molecule has 6 heteroatoms. The highest BCUT2D eigenvalue weighted by Gasteiger charge is 2.10. The monoisotopic (exact) mass is 439 g/mol. The summed E-state index contributed by atoms with van der Waals surface area (Å²) in [6.07, 6.45) is 0.692. The van der Waals surface area contributed by atoms with Gasteiger partial charge in [-0.3, -0.25) is 9.59 Å². The molecule has 0 bridgehead atoms. The van der Waals surface area contributed by atoms with Crippen LogP contribution in [-0.4, -0.2) is 25.6 Å². The van der Waals surface area contributed by atoms with Gasteiger partial charge in [-0.1, -0.05) is 30.3 Å². The first kappa shape index (κ1) is 18.3. The Morgan fingerprint density at radius 1 is 1.08 bits per heavy atom. The van der Waals surface area contributed by atoms with Crippen molar-refractivity contribution in [3.05, 3.63) is 57.7 Å². The molecule has 0 saturated carbocycles. The molecular weight excluding hydrogens is 421 g/mol. The topological polar surface area (TPSA) is 64.6 Å². The van der Waals surface area contributed by atoms with Gasteiger partial charge in [-0.15, -0.1) is 0 Å². The highest BCUT2D eigenvalue weighted by Crippen LogP contribution is 2.19. The predicted octanol–water partition coefficient (Wildman–Crippen LogP) is 3.41. The summed E-state index contributed by atoms with van der Waals surface area (Å²) in [7, 11) is 1.59. The molecule has 0 heterocycles. The second-order valence-corrected chi connectivity index (χ2v) is 6.16. The summed E-state index contributed by atoms with van der Waals surface area (Å²) in [4.78, 5) is 23.6. The second-order valence-electron chi connectivity index (χ2n) is 5.00. The normalized spacial score (nSPS) is 10.1. The van der Waals surface area contributed by atoms with E-state index in [0.717, 1.165) is 14.9 Å². The minimum absolute atomic E-state index is 0.191. The molecule has 0 atom stereocenters. The number of rotatable bonds is 7. The molecule has 0 unspecified atom stereocenters. The van der Waals surface area contributed by atoms with E-state index in [1.54, 1.807) is 13.2 Å². The first-order valence-electron chi connectivity index (χ1n) is 7.42. The predicted molar refractivity (Wildman–Crippen MR) is 100 cm³/mol. The van der Waals surface area contributed by atoms with Crippen LogP contribution >= 0.6 is 22.6 Å². The minimum atomic E-state index is -0.418. The lowest BCUT2D eigenvalue weighted by molar-refractivity contribution is -0.147. The van der Waals surface area contributed by atoms with E-state index in [9.17, 15) is 9.59 Å². The Bertz CT molecular complexity index is 718. The van der Waals surface area contributed by atoms with Crippen molar-refractivity contribution in [1.29, 1.82) is 0 Å². The number of ether oxygens (including phenoxy) is 2. The van der Waals surface area contributed by atoms with Gasteiger partial charge in [0.05, 0.1) is 12.8 Å². The van der Waals surface area contributed by atoms with Crippen LogP contribution in [0, 0.1) is 3.57 Å². The molecule has 0 fully saturated rings. The van der Waals surface area contributed by atoms with Crippen LogP contribution in [0.3, 0.4) is 0 Å². The van der Waals surface area contributed by atoms with Crippen LogP contribution in [0.25, 0.3) is 0 Å². The molecule has 0 aromatic heterocycles. The van der Waals surface area contributed by atoms with Crippen molar-refractivity contribution in [3.63, 3.8) is 0 Å². The van der Waals surface area contributed by atoms with E-state index >= 15 is 0 Å². The Morgan fingerprint density at radius 3 is 2.54 bits per heavy atom. The van der Waals surface area contributed by atoms with Crippen LogP contribution in [-0.2, 0) is 20.7 Å². The van der Waals surface area contributed by atoms with Crippen molar-refractivity contribution in [2.24, 2.45) is 0 Å². The molecule has 1 amide bonds. The summed E-state index contributed by atoms with van der Waals surface area (Å²) in [5.41, 5.74) is 1.63. The lowest BCUT2D eigenvalue weighted by Gasteiger charge is -2.09. The van der Waals surface area contributed by atoms with Crippen LogP contribution in [0.2, 0.25) is 0 Å². The molecular formula is C18H18INO4. The summed E-state index contributed by atoms with van der Waals surface area (Å²) in [6, 6.07) is 14.9. The van der Waals surface area contributed by atoms with E-state index in [-0.39, 0.29) is 18.9 Å². The van der Waals surface area contributed by atoms with Gasteiger partial charge in [0.15, 0.2) is 6.61 Å². The lowest BCUT2D eigenvalue weighted by atomic mass is 10.1. The van der Waals surface area contributed by atoms with E-state index in [0.29, 0.717) is 12.1 Å². The standard InChI is InChI=1S/C18H18INO4/c1-23-16-9-5-2-6-13(16)10-11-18(22)24-12-17(21)20-15-8-4-3-7-14(15)19/h2-9H,10-12H2,1H3,(H,20,21). The SMILES string of the molecule is COc1ccccc1CCC(=O)OCC(=O)Nc1ccccc1I. The maximum atomic E-state index is 11.8. The number of anilines is 1. The average Bonchev–Trinajstić information content (AvgIpc) is 2.60. The van der Waals surface area contributed by atoms with Gasteiger partial charge in [-0.05, 0) is 52.8 Å². The lowest BCUT2D eigenvalue weighted by Crippen LogP contribution is -2.21. The van der Waals surface area contributed by atoms with Crippen molar-refractivity contribution in [2.45, 2.75) is 12.8 Å². The number of benzene rings is 2. The quantitative estimate of drug-likeness (QED) is 0.531. The fraction of sp³-hybridized carbons (Fsp3) is 0.222. The summed E-state index contributed by atoms with van der Waals surface area (Å²) >= 11 is 2.13. The maximum Gasteiger partial charge on any atom is 0.306 e. The van der Waals surface area contributed by atoms with Crippen LogP contribution in [0.15, 0.2) is 48.5 Å². The third kappa shape index (κ3) is 5.52. The van der Waals surface area contributed by atoms with Crippen molar-refractivity contribution < 1.29 is 19.1 Å². The fourth-order valence-corrected chi connectivity index (χ4v) is 2.64. The van der Waals surface area contributed by atoms with Crippen molar-refractivity contribution in [1.82, 2.24) is 0 Å². The Balaban J connectivity index is 1.77.